The molecule has 122 valence electrons. The van der Waals surface area contributed by atoms with Crippen LogP contribution in [0.15, 0.2) is 24.3 Å². The van der Waals surface area contributed by atoms with Gasteiger partial charge in [-0.3, -0.25) is 0 Å². The van der Waals surface area contributed by atoms with Gasteiger partial charge in [0.1, 0.15) is 0 Å². The zero-order chi connectivity index (χ0) is 16.8. The summed E-state index contributed by atoms with van der Waals surface area (Å²) in [5, 5.41) is 0. The van der Waals surface area contributed by atoms with E-state index in [9.17, 15) is 9.59 Å². The molecule has 6 nitrogen and oxygen atoms in total. The van der Waals surface area contributed by atoms with Crippen LogP contribution in [0, 0.1) is 12.3 Å². The van der Waals surface area contributed by atoms with Gasteiger partial charge < -0.3 is 18.9 Å². The maximum atomic E-state index is 12.0. The second-order valence-corrected chi connectivity index (χ2v) is 4.72. The van der Waals surface area contributed by atoms with Crippen molar-refractivity contribution in [2.45, 2.75) is 32.3 Å². The Balaban J connectivity index is 2.19. The van der Waals surface area contributed by atoms with E-state index >= 15 is 0 Å². The van der Waals surface area contributed by atoms with Gasteiger partial charge in [-0.25, -0.2) is 9.59 Å². The van der Waals surface area contributed by atoms with Gasteiger partial charge in [-0.2, -0.15) is 0 Å². The molecule has 1 aliphatic rings. The smallest absolute Gasteiger partial charge is 0.338 e. The van der Waals surface area contributed by atoms with Crippen molar-refractivity contribution in [3.8, 4) is 12.3 Å². The lowest BCUT2D eigenvalue weighted by molar-refractivity contribution is -0.163. The first-order valence-corrected chi connectivity index (χ1v) is 7.31. The molecule has 0 unspecified atom stereocenters. The summed E-state index contributed by atoms with van der Waals surface area (Å²) in [5.74, 6) is 1.18. The maximum Gasteiger partial charge on any atom is 0.338 e. The van der Waals surface area contributed by atoms with Crippen LogP contribution in [-0.4, -0.2) is 37.4 Å². The minimum absolute atomic E-state index is 0.176. The molecule has 0 saturated carbocycles. The predicted octanol–water partition coefficient (Wildman–Crippen LogP) is 1.58. The predicted molar refractivity (Wildman–Crippen MR) is 80.1 cm³/mol. The molecule has 1 aromatic rings. The minimum Gasteiger partial charge on any atom is -0.464 e. The summed E-state index contributed by atoms with van der Waals surface area (Å²) in [6.45, 7) is 3.69. The molecule has 0 bridgehead atoms. The highest BCUT2D eigenvalue weighted by molar-refractivity contribution is 5.86. The lowest BCUT2D eigenvalue weighted by Gasteiger charge is -2.13. The van der Waals surface area contributed by atoms with Crippen molar-refractivity contribution < 1.29 is 28.5 Å². The number of hydrogen-bond acceptors (Lipinski definition) is 6. The first-order valence-electron chi connectivity index (χ1n) is 7.31. The summed E-state index contributed by atoms with van der Waals surface area (Å²) >= 11 is 0. The van der Waals surface area contributed by atoms with E-state index in [0.29, 0.717) is 11.1 Å². The van der Waals surface area contributed by atoms with Gasteiger partial charge in [-0.1, -0.05) is 18.1 Å². The molecule has 1 fully saturated rings. The lowest BCUT2D eigenvalue weighted by Crippen LogP contribution is -2.39. The highest BCUT2D eigenvalue weighted by Crippen LogP contribution is 2.32. The van der Waals surface area contributed by atoms with Crippen molar-refractivity contribution in [1.29, 1.82) is 0 Å². The van der Waals surface area contributed by atoms with E-state index in [-0.39, 0.29) is 13.2 Å². The molecule has 0 amide bonds. The van der Waals surface area contributed by atoms with Crippen molar-refractivity contribution in [3.63, 3.8) is 0 Å². The fourth-order valence-electron chi connectivity index (χ4n) is 2.14. The van der Waals surface area contributed by atoms with Crippen LogP contribution in [0.25, 0.3) is 0 Å². The monoisotopic (exact) mass is 318 g/mol. The molecule has 0 N–H and O–H groups in total. The largest absolute Gasteiger partial charge is 0.464 e. The number of terminal acetylenes is 1. The van der Waals surface area contributed by atoms with Gasteiger partial charge in [0, 0.05) is 11.1 Å². The molecular weight excluding hydrogens is 300 g/mol. The third-order valence-corrected chi connectivity index (χ3v) is 3.20. The van der Waals surface area contributed by atoms with Gasteiger partial charge in [-0.05, 0) is 26.0 Å². The van der Waals surface area contributed by atoms with Crippen LogP contribution in [0.1, 0.15) is 31.3 Å². The van der Waals surface area contributed by atoms with Gasteiger partial charge >= 0.3 is 11.9 Å². The van der Waals surface area contributed by atoms with Gasteiger partial charge in [0.25, 0.3) is 0 Å². The van der Waals surface area contributed by atoms with Crippen molar-refractivity contribution in [2.75, 3.05) is 13.2 Å². The normalized spacial score (nSPS) is 20.7. The molecule has 1 heterocycles. The average molecular weight is 318 g/mol. The third-order valence-electron chi connectivity index (χ3n) is 3.20. The first kappa shape index (κ1) is 17.0. The molecule has 2 atom stereocenters. The number of hydrogen-bond donors (Lipinski definition) is 0. The molecular formula is C17H18O6. The van der Waals surface area contributed by atoms with Crippen LogP contribution in [0.5, 0.6) is 0 Å². The summed E-state index contributed by atoms with van der Waals surface area (Å²) in [7, 11) is 0. The standard InChI is InChI=1S/C17H18O6/c1-4-11-7-9-12(10-8-11)17-22-13(15(18)20-5-2)14(23-17)16(19)21-6-3/h1,7-10,13-14,17H,5-6H2,2-3H3/t13-,14-/m1/s1. The Kier molecular flexibility index (Phi) is 5.74. The Morgan fingerprint density at radius 3 is 1.91 bits per heavy atom. The number of carbonyl (C=O) groups excluding carboxylic acids is 2. The summed E-state index contributed by atoms with van der Waals surface area (Å²) in [6.07, 6.45) is 2.12. The van der Waals surface area contributed by atoms with E-state index in [4.69, 9.17) is 25.4 Å². The zero-order valence-corrected chi connectivity index (χ0v) is 13.0. The van der Waals surface area contributed by atoms with Gasteiger partial charge in [-0.15, -0.1) is 6.42 Å². The quantitative estimate of drug-likeness (QED) is 0.606. The van der Waals surface area contributed by atoms with Crippen LogP contribution >= 0.6 is 0 Å². The highest BCUT2D eigenvalue weighted by atomic mass is 16.8. The minimum atomic E-state index is -1.16. The Bertz CT molecular complexity index is 575. The van der Waals surface area contributed by atoms with Crippen LogP contribution < -0.4 is 0 Å². The first-order chi connectivity index (χ1) is 11.1. The molecule has 23 heavy (non-hydrogen) atoms. The molecule has 0 spiro atoms. The molecule has 0 aromatic heterocycles. The molecule has 2 rings (SSSR count). The molecule has 1 aliphatic heterocycles. The van der Waals surface area contributed by atoms with Crippen molar-refractivity contribution in [2.24, 2.45) is 0 Å². The Morgan fingerprint density at radius 1 is 1.04 bits per heavy atom. The van der Waals surface area contributed by atoms with Crippen LogP contribution in [0.4, 0.5) is 0 Å². The van der Waals surface area contributed by atoms with E-state index < -0.39 is 30.4 Å². The number of benzene rings is 1. The van der Waals surface area contributed by atoms with E-state index in [2.05, 4.69) is 5.92 Å². The van der Waals surface area contributed by atoms with E-state index in [1.807, 2.05) is 0 Å². The number of carbonyl (C=O) groups is 2. The molecule has 0 radical (unpaired) electrons. The fourth-order valence-corrected chi connectivity index (χ4v) is 2.14. The van der Waals surface area contributed by atoms with Crippen LogP contribution in [-0.2, 0) is 28.5 Å². The summed E-state index contributed by atoms with van der Waals surface area (Å²) in [5.41, 5.74) is 1.35. The Labute approximate surface area is 134 Å². The van der Waals surface area contributed by atoms with Crippen molar-refractivity contribution in [1.82, 2.24) is 0 Å². The molecule has 1 saturated heterocycles. The Hall–Kier alpha value is -2.36. The maximum absolute atomic E-state index is 12.0. The number of esters is 2. The molecule has 1 aromatic carbocycles. The van der Waals surface area contributed by atoms with Gasteiger partial charge in [0.15, 0.2) is 18.5 Å². The fraction of sp³-hybridized carbons (Fsp3) is 0.412. The SMILES string of the molecule is C#Cc1ccc(C2O[C@@H](C(=O)OCC)[C@H](C(=O)OCC)O2)cc1. The topological polar surface area (TPSA) is 71.1 Å². The van der Waals surface area contributed by atoms with Crippen molar-refractivity contribution in [3.05, 3.63) is 35.4 Å². The Morgan fingerprint density at radius 2 is 1.52 bits per heavy atom. The summed E-state index contributed by atoms with van der Waals surface area (Å²) in [6, 6.07) is 6.88. The van der Waals surface area contributed by atoms with Crippen LogP contribution in [0.3, 0.4) is 0 Å². The van der Waals surface area contributed by atoms with E-state index in [1.54, 1.807) is 38.1 Å². The van der Waals surface area contributed by atoms with Gasteiger partial charge in [0.05, 0.1) is 13.2 Å². The van der Waals surface area contributed by atoms with Gasteiger partial charge in [0.2, 0.25) is 0 Å². The van der Waals surface area contributed by atoms with E-state index in [0.717, 1.165) is 0 Å². The zero-order valence-electron chi connectivity index (χ0n) is 13.0. The number of rotatable bonds is 5. The highest BCUT2D eigenvalue weighted by Gasteiger charge is 2.47. The van der Waals surface area contributed by atoms with E-state index in [1.165, 1.54) is 0 Å². The summed E-state index contributed by atoms with van der Waals surface area (Å²) < 4.78 is 21.0. The summed E-state index contributed by atoms with van der Waals surface area (Å²) in [4.78, 5) is 24.0. The average Bonchev–Trinajstić information content (AvgIpc) is 3.01. The second-order valence-electron chi connectivity index (χ2n) is 4.72. The number of ether oxygens (including phenoxy) is 4. The molecule has 0 aliphatic carbocycles. The van der Waals surface area contributed by atoms with Crippen molar-refractivity contribution >= 4 is 11.9 Å². The lowest BCUT2D eigenvalue weighted by atomic mass is 10.1. The third kappa shape index (κ3) is 3.89. The molecule has 6 heteroatoms. The second kappa shape index (κ2) is 7.77. The van der Waals surface area contributed by atoms with Crippen LogP contribution in [0.2, 0.25) is 0 Å².